The van der Waals surface area contributed by atoms with Gasteiger partial charge in [-0.2, -0.15) is 0 Å². The Balaban J connectivity index is 1.88. The molecule has 14 heavy (non-hydrogen) atoms. The Morgan fingerprint density at radius 1 is 1.64 bits per heavy atom. The standard InChI is InChI=1S/C9H13N3O2/c13-9(7-3-1-2-5-10-7)11-8-4-6-14-12-8/h4,6-7,10H,1-3,5H2,(H,11,12,13). The van der Waals surface area contributed by atoms with Crippen molar-refractivity contribution in [3.05, 3.63) is 12.3 Å². The minimum Gasteiger partial charge on any atom is -0.363 e. The Kier molecular flexibility index (Phi) is 2.78. The second-order valence-corrected chi connectivity index (χ2v) is 3.38. The van der Waals surface area contributed by atoms with E-state index >= 15 is 0 Å². The number of carbonyl (C=O) groups is 1. The normalized spacial score (nSPS) is 21.9. The molecule has 76 valence electrons. The van der Waals surface area contributed by atoms with Crippen molar-refractivity contribution in [2.75, 3.05) is 11.9 Å². The van der Waals surface area contributed by atoms with Crippen molar-refractivity contribution in [2.24, 2.45) is 0 Å². The number of aromatic nitrogens is 1. The molecule has 1 aromatic rings. The van der Waals surface area contributed by atoms with E-state index in [4.69, 9.17) is 0 Å². The molecular weight excluding hydrogens is 182 g/mol. The first-order valence-corrected chi connectivity index (χ1v) is 4.81. The van der Waals surface area contributed by atoms with Crippen LogP contribution in [0, 0.1) is 0 Å². The fourth-order valence-electron chi connectivity index (χ4n) is 1.57. The SMILES string of the molecule is O=C(Nc1ccon1)C1CCCCN1. The Morgan fingerprint density at radius 3 is 3.21 bits per heavy atom. The molecule has 0 bridgehead atoms. The third-order valence-corrected chi connectivity index (χ3v) is 2.32. The Hall–Kier alpha value is -1.36. The van der Waals surface area contributed by atoms with Gasteiger partial charge in [0.05, 0.1) is 6.04 Å². The van der Waals surface area contributed by atoms with Gasteiger partial charge in [-0.05, 0) is 19.4 Å². The molecule has 1 aliphatic heterocycles. The molecule has 0 spiro atoms. The predicted molar refractivity (Wildman–Crippen MR) is 50.8 cm³/mol. The summed E-state index contributed by atoms with van der Waals surface area (Å²) in [5.41, 5.74) is 0. The second-order valence-electron chi connectivity index (χ2n) is 3.38. The summed E-state index contributed by atoms with van der Waals surface area (Å²) >= 11 is 0. The van der Waals surface area contributed by atoms with Crippen LogP contribution in [-0.4, -0.2) is 23.7 Å². The number of carbonyl (C=O) groups excluding carboxylic acids is 1. The van der Waals surface area contributed by atoms with Gasteiger partial charge in [-0.15, -0.1) is 0 Å². The van der Waals surface area contributed by atoms with Crippen LogP contribution in [-0.2, 0) is 4.79 Å². The van der Waals surface area contributed by atoms with Gasteiger partial charge >= 0.3 is 0 Å². The molecule has 0 saturated carbocycles. The fraction of sp³-hybridized carbons (Fsp3) is 0.556. The zero-order valence-corrected chi connectivity index (χ0v) is 7.82. The molecule has 1 atom stereocenters. The molecule has 5 nitrogen and oxygen atoms in total. The van der Waals surface area contributed by atoms with E-state index in [0.29, 0.717) is 5.82 Å². The van der Waals surface area contributed by atoms with E-state index in [1.165, 1.54) is 6.26 Å². The molecule has 0 aliphatic carbocycles. The van der Waals surface area contributed by atoms with E-state index in [1.54, 1.807) is 6.07 Å². The van der Waals surface area contributed by atoms with Crippen LogP contribution in [0.25, 0.3) is 0 Å². The summed E-state index contributed by atoms with van der Waals surface area (Å²) in [6.07, 6.45) is 4.57. The number of hydrogen-bond donors (Lipinski definition) is 2. The maximum atomic E-state index is 11.6. The third kappa shape index (κ3) is 2.11. The van der Waals surface area contributed by atoms with E-state index < -0.39 is 0 Å². The topological polar surface area (TPSA) is 67.2 Å². The lowest BCUT2D eigenvalue weighted by Crippen LogP contribution is -2.43. The summed E-state index contributed by atoms with van der Waals surface area (Å²) in [7, 11) is 0. The van der Waals surface area contributed by atoms with E-state index in [-0.39, 0.29) is 11.9 Å². The van der Waals surface area contributed by atoms with Gasteiger partial charge in [-0.3, -0.25) is 4.79 Å². The fourth-order valence-corrected chi connectivity index (χ4v) is 1.57. The number of piperidine rings is 1. The van der Waals surface area contributed by atoms with Crippen LogP contribution in [0.2, 0.25) is 0 Å². The van der Waals surface area contributed by atoms with Gasteiger partial charge in [-0.1, -0.05) is 11.6 Å². The van der Waals surface area contributed by atoms with Crippen molar-refractivity contribution >= 4 is 11.7 Å². The monoisotopic (exact) mass is 195 g/mol. The van der Waals surface area contributed by atoms with Crippen molar-refractivity contribution in [1.29, 1.82) is 0 Å². The number of rotatable bonds is 2. The summed E-state index contributed by atoms with van der Waals surface area (Å²) in [4.78, 5) is 11.6. The lowest BCUT2D eigenvalue weighted by atomic mass is 10.0. The van der Waals surface area contributed by atoms with Gasteiger partial charge in [0.15, 0.2) is 5.82 Å². The summed E-state index contributed by atoms with van der Waals surface area (Å²) in [5, 5.41) is 9.46. The molecule has 1 amide bonds. The maximum Gasteiger partial charge on any atom is 0.242 e. The molecular formula is C9H13N3O2. The van der Waals surface area contributed by atoms with Crippen molar-refractivity contribution in [2.45, 2.75) is 25.3 Å². The minimum absolute atomic E-state index is 0.0291. The van der Waals surface area contributed by atoms with Gasteiger partial charge in [-0.25, -0.2) is 0 Å². The number of nitrogens with zero attached hydrogens (tertiary/aromatic N) is 1. The van der Waals surface area contributed by atoms with Gasteiger partial charge in [0.2, 0.25) is 5.91 Å². The molecule has 2 heterocycles. The quantitative estimate of drug-likeness (QED) is 0.731. The zero-order chi connectivity index (χ0) is 9.80. The van der Waals surface area contributed by atoms with Crippen LogP contribution >= 0.6 is 0 Å². The summed E-state index contributed by atoms with van der Waals surface area (Å²) < 4.78 is 4.62. The van der Waals surface area contributed by atoms with Crippen LogP contribution < -0.4 is 10.6 Å². The predicted octanol–water partition coefficient (Wildman–Crippen LogP) is 0.755. The number of nitrogens with one attached hydrogen (secondary N) is 2. The smallest absolute Gasteiger partial charge is 0.242 e. The van der Waals surface area contributed by atoms with Crippen LogP contribution in [0.5, 0.6) is 0 Å². The molecule has 1 aliphatic rings. The summed E-state index contributed by atoms with van der Waals surface area (Å²) in [5.74, 6) is 0.445. The summed E-state index contributed by atoms with van der Waals surface area (Å²) in [6.45, 7) is 0.914. The highest BCUT2D eigenvalue weighted by Crippen LogP contribution is 2.09. The van der Waals surface area contributed by atoms with E-state index in [0.717, 1.165) is 25.8 Å². The first-order valence-electron chi connectivity index (χ1n) is 4.81. The van der Waals surface area contributed by atoms with Crippen molar-refractivity contribution in [1.82, 2.24) is 10.5 Å². The lowest BCUT2D eigenvalue weighted by molar-refractivity contribution is -0.118. The molecule has 1 aromatic heterocycles. The number of amides is 1. The average Bonchev–Trinajstić information content (AvgIpc) is 2.72. The molecule has 1 saturated heterocycles. The number of anilines is 1. The largest absolute Gasteiger partial charge is 0.363 e. The van der Waals surface area contributed by atoms with Gasteiger partial charge in [0.1, 0.15) is 6.26 Å². The van der Waals surface area contributed by atoms with Gasteiger partial charge in [0, 0.05) is 6.07 Å². The van der Waals surface area contributed by atoms with E-state index in [2.05, 4.69) is 20.3 Å². The Labute approximate surface area is 81.8 Å². The second kappa shape index (κ2) is 4.23. The highest BCUT2D eigenvalue weighted by atomic mass is 16.5. The highest BCUT2D eigenvalue weighted by molar-refractivity contribution is 5.93. The van der Waals surface area contributed by atoms with Crippen molar-refractivity contribution < 1.29 is 9.32 Å². The molecule has 2 N–H and O–H groups in total. The van der Waals surface area contributed by atoms with Crippen LogP contribution in [0.4, 0.5) is 5.82 Å². The van der Waals surface area contributed by atoms with Crippen LogP contribution in [0.1, 0.15) is 19.3 Å². The highest BCUT2D eigenvalue weighted by Gasteiger charge is 2.20. The molecule has 2 rings (SSSR count). The van der Waals surface area contributed by atoms with Crippen LogP contribution in [0.3, 0.4) is 0 Å². The van der Waals surface area contributed by atoms with Crippen molar-refractivity contribution in [3.8, 4) is 0 Å². The van der Waals surface area contributed by atoms with Crippen LogP contribution in [0.15, 0.2) is 16.9 Å². The lowest BCUT2D eigenvalue weighted by Gasteiger charge is -2.21. The molecule has 5 heteroatoms. The molecule has 1 unspecified atom stereocenters. The van der Waals surface area contributed by atoms with Gasteiger partial charge < -0.3 is 15.2 Å². The van der Waals surface area contributed by atoms with E-state index in [1.807, 2.05) is 0 Å². The van der Waals surface area contributed by atoms with Crippen molar-refractivity contribution in [3.63, 3.8) is 0 Å². The first kappa shape index (κ1) is 9.21. The Bertz CT molecular complexity index is 291. The average molecular weight is 195 g/mol. The maximum absolute atomic E-state index is 11.6. The molecule has 1 fully saturated rings. The zero-order valence-electron chi connectivity index (χ0n) is 7.82. The first-order chi connectivity index (χ1) is 6.86. The third-order valence-electron chi connectivity index (χ3n) is 2.32. The van der Waals surface area contributed by atoms with Gasteiger partial charge in [0.25, 0.3) is 0 Å². The molecule has 0 radical (unpaired) electrons. The van der Waals surface area contributed by atoms with E-state index in [9.17, 15) is 4.79 Å². The minimum atomic E-state index is -0.0829. The Morgan fingerprint density at radius 2 is 2.57 bits per heavy atom. The molecule has 0 aromatic carbocycles. The summed E-state index contributed by atoms with van der Waals surface area (Å²) in [6, 6.07) is 1.54. The number of hydrogen-bond acceptors (Lipinski definition) is 4.